The van der Waals surface area contributed by atoms with Gasteiger partial charge in [0.05, 0.1) is 12.3 Å². The van der Waals surface area contributed by atoms with Gasteiger partial charge in [-0.2, -0.15) is 5.10 Å². The first-order valence-corrected chi connectivity index (χ1v) is 12.7. The molecule has 146 valence electrons. The summed E-state index contributed by atoms with van der Waals surface area (Å²) in [7, 11) is -0.594. The average molecular weight is 400 g/mol. The lowest BCUT2D eigenvalue weighted by atomic mass is 10.2. The molecule has 8 heteroatoms. The van der Waals surface area contributed by atoms with Crippen molar-refractivity contribution in [2.24, 2.45) is 0 Å². The van der Waals surface area contributed by atoms with Gasteiger partial charge in [0.1, 0.15) is 23.0 Å². The molecule has 6 nitrogen and oxygen atoms in total. The fraction of sp³-hybridized carbons (Fsp3) is 0.611. The molecule has 2 aromatic heterocycles. The molecule has 0 atom stereocenters. The number of thiazole rings is 1. The number of hydrogen-bond donors (Lipinski definition) is 1. The zero-order chi connectivity index (χ0) is 19.3. The number of hydrogen-bond acceptors (Lipinski definition) is 5. The van der Waals surface area contributed by atoms with Crippen LogP contribution in [0.4, 0.5) is 0 Å². The van der Waals surface area contributed by atoms with Crippen LogP contribution in [-0.2, 0) is 24.3 Å². The summed E-state index contributed by atoms with van der Waals surface area (Å²) < 4.78 is 7.21. The summed E-state index contributed by atoms with van der Waals surface area (Å²) in [5.74, 6) is 0.0392. The van der Waals surface area contributed by atoms with Crippen molar-refractivity contribution in [1.82, 2.24) is 14.8 Å². The number of aromatic carboxylic acids is 1. The highest BCUT2D eigenvalue weighted by Crippen LogP contribution is 2.35. The number of nitrogens with zero attached hydrogens (tertiary/aromatic N) is 3. The minimum Gasteiger partial charge on any atom is -0.478 e. The van der Waals surface area contributed by atoms with E-state index in [1.54, 1.807) is 16.0 Å². The third kappa shape index (κ3) is 5.31. The highest BCUT2D eigenvalue weighted by Gasteiger charge is 2.23. The van der Waals surface area contributed by atoms with Crippen LogP contribution in [0.15, 0.2) is 6.20 Å². The van der Waals surface area contributed by atoms with Crippen LogP contribution in [0, 0.1) is 0 Å². The van der Waals surface area contributed by atoms with Crippen molar-refractivity contribution >= 4 is 27.3 Å². The van der Waals surface area contributed by atoms with Gasteiger partial charge in [0.15, 0.2) is 0 Å². The fourth-order valence-corrected chi connectivity index (χ4v) is 4.33. The third-order valence-corrected chi connectivity index (χ3v) is 6.41. The summed E-state index contributed by atoms with van der Waals surface area (Å²) in [6.07, 6.45) is 11.4. The van der Waals surface area contributed by atoms with Gasteiger partial charge in [-0.05, 0) is 38.0 Å². The summed E-state index contributed by atoms with van der Waals surface area (Å²) in [5.41, 5.74) is 1.74. The van der Waals surface area contributed by atoms with Gasteiger partial charge in [0.25, 0.3) is 0 Å². The van der Waals surface area contributed by atoms with Gasteiger partial charge >= 0.3 is 5.97 Å². The number of carbonyl (C=O) groups is 1. The van der Waals surface area contributed by atoms with Gasteiger partial charge < -0.3 is 9.84 Å². The molecule has 2 heterocycles. The maximum Gasteiger partial charge on any atom is 0.339 e. The summed E-state index contributed by atoms with van der Waals surface area (Å²) in [6, 6.07) is 0. The van der Waals surface area contributed by atoms with Crippen molar-refractivity contribution in [2.45, 2.75) is 39.8 Å². The Morgan fingerprint density at radius 3 is 2.69 bits per heavy atom. The molecule has 3 rings (SSSR count). The van der Waals surface area contributed by atoms with Crippen molar-refractivity contribution in [3.05, 3.63) is 22.3 Å². The Labute approximate surface area is 160 Å². The van der Waals surface area contributed by atoms with Gasteiger partial charge in [0.2, 0.25) is 0 Å². The molecule has 0 unspecified atom stereocenters. The lowest BCUT2D eigenvalue weighted by molar-refractivity contribution is 0.0694. The Bertz CT molecular complexity index is 726. The SMILES string of the molecule is CC.CS(C)(C)CCOCn1cc(C(=O)O)c(-c2nc3c(s2)CCC3)n1. The highest BCUT2D eigenvalue weighted by molar-refractivity contribution is 8.32. The summed E-state index contributed by atoms with van der Waals surface area (Å²) in [4.78, 5) is 17.4. The molecule has 0 radical (unpaired) electrons. The van der Waals surface area contributed by atoms with Crippen LogP contribution in [0.5, 0.6) is 0 Å². The second kappa shape index (κ2) is 9.01. The topological polar surface area (TPSA) is 77.2 Å². The Morgan fingerprint density at radius 1 is 1.35 bits per heavy atom. The van der Waals surface area contributed by atoms with Gasteiger partial charge in [-0.25, -0.2) is 24.5 Å². The normalized spacial score (nSPS) is 13.9. The lowest BCUT2D eigenvalue weighted by Gasteiger charge is -2.24. The van der Waals surface area contributed by atoms with Crippen LogP contribution in [0.25, 0.3) is 10.7 Å². The van der Waals surface area contributed by atoms with E-state index in [1.807, 2.05) is 13.8 Å². The van der Waals surface area contributed by atoms with Gasteiger partial charge in [0, 0.05) is 16.8 Å². The second-order valence-electron chi connectivity index (χ2n) is 6.81. The van der Waals surface area contributed by atoms with Crippen LogP contribution >= 0.6 is 21.4 Å². The number of aryl methyl sites for hydroxylation is 2. The van der Waals surface area contributed by atoms with E-state index in [0.717, 1.165) is 30.7 Å². The Morgan fingerprint density at radius 2 is 2.08 bits per heavy atom. The standard InChI is InChI=1S/C16H23N3O3S2.C2H6/c1-24(2,3)8-7-22-10-19-9-11(16(20)21)14(18-19)15-17-12-5-4-6-13(12)23-15;1-2/h9H,4-8,10H2,1-3H3,(H,20,21);1-2H3. The van der Waals surface area contributed by atoms with Crippen molar-refractivity contribution in [3.8, 4) is 10.7 Å². The van der Waals surface area contributed by atoms with E-state index in [4.69, 9.17) is 4.74 Å². The molecule has 1 aliphatic carbocycles. The third-order valence-electron chi connectivity index (χ3n) is 3.85. The van der Waals surface area contributed by atoms with E-state index in [2.05, 4.69) is 28.8 Å². The van der Waals surface area contributed by atoms with Gasteiger partial charge in [-0.15, -0.1) is 11.3 Å². The maximum atomic E-state index is 11.5. The first-order chi connectivity index (χ1) is 12.3. The summed E-state index contributed by atoms with van der Waals surface area (Å²) >= 11 is 1.56. The summed E-state index contributed by atoms with van der Waals surface area (Å²) in [5, 5.41) is 14.6. The predicted octanol–water partition coefficient (Wildman–Crippen LogP) is 3.89. The minimum absolute atomic E-state index is 0.187. The minimum atomic E-state index is -0.981. The van der Waals surface area contributed by atoms with Crippen LogP contribution in [-0.4, -0.2) is 57.0 Å². The molecule has 0 spiro atoms. The lowest BCUT2D eigenvalue weighted by Crippen LogP contribution is -2.10. The largest absolute Gasteiger partial charge is 0.478 e. The number of ether oxygens (including phenoxy) is 1. The van der Waals surface area contributed by atoms with Crippen LogP contribution in [0.2, 0.25) is 0 Å². The first kappa shape index (κ1) is 20.9. The van der Waals surface area contributed by atoms with E-state index in [0.29, 0.717) is 17.3 Å². The van der Waals surface area contributed by atoms with E-state index >= 15 is 0 Å². The zero-order valence-electron chi connectivity index (χ0n) is 16.2. The van der Waals surface area contributed by atoms with E-state index < -0.39 is 16.0 Å². The molecule has 1 aliphatic rings. The van der Waals surface area contributed by atoms with Crippen LogP contribution < -0.4 is 0 Å². The zero-order valence-corrected chi connectivity index (χ0v) is 17.9. The van der Waals surface area contributed by atoms with Gasteiger partial charge in [-0.3, -0.25) is 0 Å². The van der Waals surface area contributed by atoms with Crippen molar-refractivity contribution in [2.75, 3.05) is 31.1 Å². The predicted molar refractivity (Wildman–Crippen MR) is 110 cm³/mol. The molecule has 0 amide bonds. The van der Waals surface area contributed by atoms with Crippen molar-refractivity contribution in [3.63, 3.8) is 0 Å². The Hall–Kier alpha value is -1.38. The number of carboxylic acids is 1. The quantitative estimate of drug-likeness (QED) is 0.715. The molecule has 0 bridgehead atoms. The molecular formula is C18H29N3O3S2. The number of carboxylic acid groups (broad SMARTS) is 1. The van der Waals surface area contributed by atoms with Crippen molar-refractivity contribution in [1.29, 1.82) is 0 Å². The molecule has 0 saturated carbocycles. The van der Waals surface area contributed by atoms with Gasteiger partial charge in [-0.1, -0.05) is 13.8 Å². The second-order valence-corrected chi connectivity index (χ2v) is 12.5. The fourth-order valence-electron chi connectivity index (χ4n) is 2.56. The molecule has 2 aromatic rings. The molecule has 0 fully saturated rings. The maximum absolute atomic E-state index is 11.5. The molecule has 1 N–H and O–H groups in total. The number of aromatic nitrogens is 3. The first-order valence-electron chi connectivity index (χ1n) is 8.87. The smallest absolute Gasteiger partial charge is 0.339 e. The molecule has 0 aliphatic heterocycles. The van der Waals surface area contributed by atoms with Crippen LogP contribution in [0.3, 0.4) is 0 Å². The number of rotatable bonds is 7. The van der Waals surface area contributed by atoms with Crippen LogP contribution in [0.1, 0.15) is 41.2 Å². The molecule has 26 heavy (non-hydrogen) atoms. The number of fused-ring (bicyclic) bond motifs is 1. The van der Waals surface area contributed by atoms with E-state index in [1.165, 1.54) is 11.1 Å². The Balaban J connectivity index is 0.00000117. The Kier molecular flexibility index (Phi) is 7.25. The van der Waals surface area contributed by atoms with Crippen molar-refractivity contribution < 1.29 is 14.6 Å². The molecule has 0 saturated heterocycles. The molecule has 0 aromatic carbocycles. The highest BCUT2D eigenvalue weighted by atomic mass is 32.3. The van der Waals surface area contributed by atoms with E-state index in [9.17, 15) is 9.90 Å². The molecular weight excluding hydrogens is 370 g/mol. The monoisotopic (exact) mass is 399 g/mol. The summed E-state index contributed by atoms with van der Waals surface area (Å²) in [6.45, 7) is 4.92. The van der Waals surface area contributed by atoms with E-state index in [-0.39, 0.29) is 12.3 Å². The average Bonchev–Trinajstić information content (AvgIpc) is 3.26.